The monoisotopic (exact) mass is 352 g/mol. The molecule has 1 rings (SSSR count). The van der Waals surface area contributed by atoms with Crippen molar-refractivity contribution in [2.45, 2.75) is 52.1 Å². The molecule has 1 aromatic carbocycles. The number of hydrogen-bond acceptors (Lipinski definition) is 3. The van der Waals surface area contributed by atoms with Crippen LogP contribution in [0.25, 0.3) is 0 Å². The standard InChI is InChI=1S/C18H25FN2O4/c1-11(2)4-9-15(20-12(3)22)17(23)21-16(18(24)25)10-13-5-7-14(19)8-6-13/h5-8,11,15-16H,4,9-10H2,1-3H3,(H,20,22)(H,21,23)(H,24,25)/t15-,16-/m0/s1. The summed E-state index contributed by atoms with van der Waals surface area (Å²) < 4.78 is 12.9. The highest BCUT2D eigenvalue weighted by molar-refractivity contribution is 5.90. The fourth-order valence-corrected chi connectivity index (χ4v) is 2.34. The zero-order chi connectivity index (χ0) is 19.0. The van der Waals surface area contributed by atoms with Crippen LogP contribution in [0.4, 0.5) is 4.39 Å². The largest absolute Gasteiger partial charge is 0.480 e. The first kappa shape index (κ1) is 20.6. The predicted molar refractivity (Wildman–Crippen MR) is 91.3 cm³/mol. The van der Waals surface area contributed by atoms with Gasteiger partial charge < -0.3 is 15.7 Å². The van der Waals surface area contributed by atoms with Crippen molar-refractivity contribution < 1.29 is 23.9 Å². The maximum Gasteiger partial charge on any atom is 0.326 e. The van der Waals surface area contributed by atoms with Gasteiger partial charge in [-0.05, 0) is 36.5 Å². The van der Waals surface area contributed by atoms with Gasteiger partial charge in [0, 0.05) is 13.3 Å². The second-order valence-corrected chi connectivity index (χ2v) is 6.45. The molecule has 0 spiro atoms. The fraction of sp³-hybridized carbons (Fsp3) is 0.500. The lowest BCUT2D eigenvalue weighted by molar-refractivity contribution is -0.142. The number of carbonyl (C=O) groups is 3. The quantitative estimate of drug-likeness (QED) is 0.632. The van der Waals surface area contributed by atoms with Crippen LogP contribution in [0.3, 0.4) is 0 Å². The van der Waals surface area contributed by atoms with E-state index in [4.69, 9.17) is 0 Å². The van der Waals surface area contributed by atoms with Crippen molar-refractivity contribution >= 4 is 17.8 Å². The molecule has 2 amide bonds. The zero-order valence-electron chi connectivity index (χ0n) is 14.7. The smallest absolute Gasteiger partial charge is 0.326 e. The summed E-state index contributed by atoms with van der Waals surface area (Å²) in [5.74, 6) is -2.15. The van der Waals surface area contributed by atoms with Crippen LogP contribution in [0, 0.1) is 11.7 Å². The Labute approximate surface area is 146 Å². The third kappa shape index (κ3) is 7.78. The van der Waals surface area contributed by atoms with Gasteiger partial charge in [0.25, 0.3) is 0 Å². The van der Waals surface area contributed by atoms with E-state index in [0.29, 0.717) is 24.3 Å². The Morgan fingerprint density at radius 3 is 2.12 bits per heavy atom. The van der Waals surface area contributed by atoms with E-state index in [-0.39, 0.29) is 12.3 Å². The van der Waals surface area contributed by atoms with Gasteiger partial charge >= 0.3 is 5.97 Å². The summed E-state index contributed by atoms with van der Waals surface area (Å²) in [6.07, 6.45) is 1.17. The van der Waals surface area contributed by atoms with Gasteiger partial charge in [-0.1, -0.05) is 26.0 Å². The van der Waals surface area contributed by atoms with Crippen LogP contribution in [0.2, 0.25) is 0 Å². The second-order valence-electron chi connectivity index (χ2n) is 6.45. The molecule has 0 aliphatic heterocycles. The number of nitrogens with one attached hydrogen (secondary N) is 2. The molecule has 0 aromatic heterocycles. The Bertz CT molecular complexity index is 602. The maximum absolute atomic E-state index is 12.9. The zero-order valence-corrected chi connectivity index (χ0v) is 14.7. The highest BCUT2D eigenvalue weighted by atomic mass is 19.1. The number of carbonyl (C=O) groups excluding carboxylic acids is 2. The number of carboxylic acid groups (broad SMARTS) is 1. The Kier molecular flexibility index (Phi) is 8.04. The highest BCUT2D eigenvalue weighted by Gasteiger charge is 2.26. The summed E-state index contributed by atoms with van der Waals surface area (Å²) in [6.45, 7) is 5.30. The van der Waals surface area contributed by atoms with E-state index >= 15 is 0 Å². The number of amides is 2. The van der Waals surface area contributed by atoms with Gasteiger partial charge in [0.2, 0.25) is 11.8 Å². The van der Waals surface area contributed by atoms with E-state index in [2.05, 4.69) is 10.6 Å². The van der Waals surface area contributed by atoms with Crippen molar-refractivity contribution in [3.8, 4) is 0 Å². The third-order valence-electron chi connectivity index (χ3n) is 3.69. The van der Waals surface area contributed by atoms with Crippen molar-refractivity contribution in [2.75, 3.05) is 0 Å². The van der Waals surface area contributed by atoms with Crippen molar-refractivity contribution in [2.24, 2.45) is 5.92 Å². The van der Waals surface area contributed by atoms with Gasteiger partial charge in [-0.15, -0.1) is 0 Å². The van der Waals surface area contributed by atoms with E-state index in [1.54, 1.807) is 0 Å². The van der Waals surface area contributed by atoms with Crippen LogP contribution >= 0.6 is 0 Å². The van der Waals surface area contributed by atoms with Gasteiger partial charge in [0.15, 0.2) is 0 Å². The maximum atomic E-state index is 12.9. The summed E-state index contributed by atoms with van der Waals surface area (Å²) in [5, 5.41) is 14.4. The lowest BCUT2D eigenvalue weighted by Crippen LogP contribution is -2.52. The molecular weight excluding hydrogens is 327 g/mol. The normalized spacial score (nSPS) is 13.2. The van der Waals surface area contributed by atoms with Crippen LogP contribution in [0.5, 0.6) is 0 Å². The highest BCUT2D eigenvalue weighted by Crippen LogP contribution is 2.09. The molecule has 2 atom stereocenters. The van der Waals surface area contributed by atoms with Crippen molar-refractivity contribution in [3.05, 3.63) is 35.6 Å². The molecule has 0 saturated heterocycles. The molecule has 6 nitrogen and oxygen atoms in total. The Morgan fingerprint density at radius 1 is 1.04 bits per heavy atom. The summed E-state index contributed by atoms with van der Waals surface area (Å²) in [6, 6.07) is 3.48. The molecule has 1 aromatic rings. The number of carboxylic acids is 1. The van der Waals surface area contributed by atoms with E-state index in [0.717, 1.165) is 0 Å². The first-order chi connectivity index (χ1) is 11.7. The summed E-state index contributed by atoms with van der Waals surface area (Å²) in [5.41, 5.74) is 0.590. The van der Waals surface area contributed by atoms with E-state index < -0.39 is 29.8 Å². The third-order valence-corrected chi connectivity index (χ3v) is 3.69. The van der Waals surface area contributed by atoms with Crippen molar-refractivity contribution in [1.29, 1.82) is 0 Å². The summed E-state index contributed by atoms with van der Waals surface area (Å²) in [7, 11) is 0. The summed E-state index contributed by atoms with van der Waals surface area (Å²) in [4.78, 5) is 35.1. The lowest BCUT2D eigenvalue weighted by atomic mass is 10.0. The SMILES string of the molecule is CC(=O)N[C@@H](CCC(C)C)C(=O)N[C@@H](Cc1ccc(F)cc1)C(=O)O. The first-order valence-corrected chi connectivity index (χ1v) is 8.23. The van der Waals surface area contributed by atoms with Gasteiger partial charge in [-0.25, -0.2) is 9.18 Å². The Hall–Kier alpha value is -2.44. The average Bonchev–Trinajstić information content (AvgIpc) is 2.52. The lowest BCUT2D eigenvalue weighted by Gasteiger charge is -2.21. The molecule has 138 valence electrons. The minimum atomic E-state index is -1.19. The van der Waals surface area contributed by atoms with E-state index in [1.165, 1.54) is 31.2 Å². The Morgan fingerprint density at radius 2 is 1.64 bits per heavy atom. The number of benzene rings is 1. The molecule has 3 N–H and O–H groups in total. The van der Waals surface area contributed by atoms with Crippen LogP contribution in [0.15, 0.2) is 24.3 Å². The molecule has 0 aliphatic rings. The first-order valence-electron chi connectivity index (χ1n) is 8.23. The molecule has 0 saturated carbocycles. The molecule has 0 unspecified atom stereocenters. The molecule has 0 heterocycles. The van der Waals surface area contributed by atoms with Crippen molar-refractivity contribution in [3.63, 3.8) is 0 Å². The number of aliphatic carboxylic acids is 1. The Balaban J connectivity index is 2.78. The molecule has 0 fully saturated rings. The topological polar surface area (TPSA) is 95.5 Å². The van der Waals surface area contributed by atoms with Crippen LogP contribution < -0.4 is 10.6 Å². The molecule has 0 aliphatic carbocycles. The number of halogens is 1. The summed E-state index contributed by atoms with van der Waals surface area (Å²) >= 11 is 0. The van der Waals surface area contributed by atoms with Gasteiger partial charge in [0.1, 0.15) is 17.9 Å². The van der Waals surface area contributed by atoms with Gasteiger partial charge in [-0.2, -0.15) is 0 Å². The molecule has 7 heteroatoms. The molecule has 25 heavy (non-hydrogen) atoms. The average molecular weight is 352 g/mol. The predicted octanol–water partition coefficient (Wildman–Crippen LogP) is 1.88. The van der Waals surface area contributed by atoms with Gasteiger partial charge in [0.05, 0.1) is 0 Å². The van der Waals surface area contributed by atoms with Gasteiger partial charge in [-0.3, -0.25) is 9.59 Å². The van der Waals surface area contributed by atoms with Crippen LogP contribution in [0.1, 0.15) is 39.2 Å². The number of rotatable bonds is 9. The van der Waals surface area contributed by atoms with E-state index in [1.807, 2.05) is 13.8 Å². The minimum absolute atomic E-state index is 0.0261. The fourth-order valence-electron chi connectivity index (χ4n) is 2.34. The molecule has 0 bridgehead atoms. The second kappa shape index (κ2) is 9.76. The van der Waals surface area contributed by atoms with Crippen LogP contribution in [-0.2, 0) is 20.8 Å². The van der Waals surface area contributed by atoms with Crippen molar-refractivity contribution in [1.82, 2.24) is 10.6 Å². The minimum Gasteiger partial charge on any atom is -0.480 e. The molecule has 0 radical (unpaired) electrons. The number of hydrogen-bond donors (Lipinski definition) is 3. The molecular formula is C18H25FN2O4. The van der Waals surface area contributed by atoms with E-state index in [9.17, 15) is 23.9 Å². The van der Waals surface area contributed by atoms with Crippen LogP contribution in [-0.4, -0.2) is 35.0 Å².